The number of carbonyl (C=O) groups excluding carboxylic acids is 2. The predicted molar refractivity (Wildman–Crippen MR) is 88.8 cm³/mol. The summed E-state index contributed by atoms with van der Waals surface area (Å²) in [6.07, 6.45) is 3.02. The van der Waals surface area contributed by atoms with Crippen molar-refractivity contribution in [2.45, 2.75) is 6.92 Å². The van der Waals surface area contributed by atoms with Gasteiger partial charge in [-0.1, -0.05) is 35.9 Å². The van der Waals surface area contributed by atoms with Crippen LogP contribution >= 0.6 is 11.6 Å². The van der Waals surface area contributed by atoms with E-state index in [4.69, 9.17) is 17.3 Å². The lowest BCUT2D eigenvalue weighted by Crippen LogP contribution is -2.16. The van der Waals surface area contributed by atoms with Crippen LogP contribution in [0.3, 0.4) is 0 Å². The van der Waals surface area contributed by atoms with E-state index in [9.17, 15) is 9.59 Å². The Bertz CT molecular complexity index is 754. The quantitative estimate of drug-likeness (QED) is 0.849. The second-order valence-electron chi connectivity index (χ2n) is 4.74. The highest BCUT2D eigenvalue weighted by atomic mass is 35.5. The Hall–Kier alpha value is -2.59. The van der Waals surface area contributed by atoms with Crippen molar-refractivity contribution >= 4 is 35.2 Å². The van der Waals surface area contributed by atoms with Crippen molar-refractivity contribution in [2.75, 3.05) is 5.32 Å². The Labute approximate surface area is 133 Å². The van der Waals surface area contributed by atoms with Crippen LogP contribution in [-0.2, 0) is 4.79 Å². The maximum atomic E-state index is 11.9. The molecule has 0 spiro atoms. The fourth-order valence-corrected chi connectivity index (χ4v) is 2.06. The fraction of sp³-hybridized carbons (Fsp3) is 0.0588. The molecule has 5 heteroatoms. The third-order valence-electron chi connectivity index (χ3n) is 3.07. The van der Waals surface area contributed by atoms with E-state index in [0.717, 1.165) is 11.1 Å². The number of hydrogen-bond donors (Lipinski definition) is 2. The van der Waals surface area contributed by atoms with E-state index >= 15 is 0 Å². The third-order valence-corrected chi connectivity index (χ3v) is 3.48. The Kier molecular flexibility index (Phi) is 4.96. The lowest BCUT2D eigenvalue weighted by molar-refractivity contribution is -0.111. The molecule has 0 aliphatic heterocycles. The molecule has 0 aromatic heterocycles. The zero-order valence-corrected chi connectivity index (χ0v) is 12.7. The van der Waals surface area contributed by atoms with Crippen LogP contribution in [0.15, 0.2) is 48.5 Å². The molecule has 0 unspecified atom stereocenters. The first-order chi connectivity index (χ1) is 10.5. The summed E-state index contributed by atoms with van der Waals surface area (Å²) in [5.74, 6) is -0.949. The fourth-order valence-electron chi connectivity index (χ4n) is 1.87. The molecule has 3 N–H and O–H groups in total. The SMILES string of the molecule is Cc1ccc(/C=C/C(=O)Nc2ccccc2C(N)=O)cc1Cl. The van der Waals surface area contributed by atoms with Gasteiger partial charge in [0.05, 0.1) is 11.3 Å². The van der Waals surface area contributed by atoms with E-state index in [-0.39, 0.29) is 11.5 Å². The molecule has 2 aromatic carbocycles. The monoisotopic (exact) mass is 314 g/mol. The molecule has 4 nitrogen and oxygen atoms in total. The Morgan fingerprint density at radius 2 is 1.91 bits per heavy atom. The highest BCUT2D eigenvalue weighted by molar-refractivity contribution is 6.31. The zero-order chi connectivity index (χ0) is 16.1. The second kappa shape index (κ2) is 6.91. The number of rotatable bonds is 4. The second-order valence-corrected chi connectivity index (χ2v) is 5.15. The number of para-hydroxylation sites is 1. The lowest BCUT2D eigenvalue weighted by Gasteiger charge is -2.06. The van der Waals surface area contributed by atoms with Crippen LogP contribution in [0, 0.1) is 6.92 Å². The van der Waals surface area contributed by atoms with Gasteiger partial charge in [0.1, 0.15) is 0 Å². The molecular formula is C17H15ClN2O2. The minimum absolute atomic E-state index is 0.266. The normalized spacial score (nSPS) is 10.6. The molecule has 0 aliphatic carbocycles. The molecule has 2 rings (SSSR count). The minimum Gasteiger partial charge on any atom is -0.366 e. The molecule has 0 heterocycles. The highest BCUT2D eigenvalue weighted by Crippen LogP contribution is 2.18. The summed E-state index contributed by atoms with van der Waals surface area (Å²) in [5, 5.41) is 3.27. The third kappa shape index (κ3) is 3.96. The molecule has 0 aliphatic rings. The van der Waals surface area contributed by atoms with Gasteiger partial charge >= 0.3 is 0 Å². The van der Waals surface area contributed by atoms with Crippen molar-refractivity contribution in [1.29, 1.82) is 0 Å². The van der Waals surface area contributed by atoms with E-state index in [0.29, 0.717) is 10.7 Å². The topological polar surface area (TPSA) is 72.2 Å². The molecule has 22 heavy (non-hydrogen) atoms. The molecule has 0 saturated carbocycles. The predicted octanol–water partition coefficient (Wildman–Crippen LogP) is 3.40. The summed E-state index contributed by atoms with van der Waals surface area (Å²) in [5.41, 5.74) is 7.70. The van der Waals surface area contributed by atoms with Crippen molar-refractivity contribution in [3.63, 3.8) is 0 Å². The Morgan fingerprint density at radius 3 is 2.59 bits per heavy atom. The number of amides is 2. The highest BCUT2D eigenvalue weighted by Gasteiger charge is 2.08. The number of nitrogens with two attached hydrogens (primary N) is 1. The van der Waals surface area contributed by atoms with Crippen LogP contribution in [0.25, 0.3) is 6.08 Å². The van der Waals surface area contributed by atoms with Crippen molar-refractivity contribution in [2.24, 2.45) is 5.73 Å². The molecule has 0 fully saturated rings. The first kappa shape index (κ1) is 15.8. The van der Waals surface area contributed by atoms with Gasteiger partial charge < -0.3 is 11.1 Å². The van der Waals surface area contributed by atoms with Crippen LogP contribution in [0.5, 0.6) is 0 Å². The minimum atomic E-state index is -0.592. The largest absolute Gasteiger partial charge is 0.366 e. The van der Waals surface area contributed by atoms with E-state index in [1.807, 2.05) is 19.1 Å². The van der Waals surface area contributed by atoms with Crippen molar-refractivity contribution < 1.29 is 9.59 Å². The van der Waals surface area contributed by atoms with Gasteiger partial charge in [-0.15, -0.1) is 0 Å². The van der Waals surface area contributed by atoms with Crippen LogP contribution in [0.4, 0.5) is 5.69 Å². The maximum absolute atomic E-state index is 11.9. The van der Waals surface area contributed by atoms with Gasteiger partial charge in [-0.3, -0.25) is 9.59 Å². The van der Waals surface area contributed by atoms with Crippen LogP contribution in [0.1, 0.15) is 21.5 Å². The van der Waals surface area contributed by atoms with Crippen LogP contribution in [0.2, 0.25) is 5.02 Å². The summed E-state index contributed by atoms with van der Waals surface area (Å²) in [6, 6.07) is 12.1. The summed E-state index contributed by atoms with van der Waals surface area (Å²) >= 11 is 6.03. The van der Waals surface area contributed by atoms with Crippen molar-refractivity contribution in [1.82, 2.24) is 0 Å². The first-order valence-corrected chi connectivity index (χ1v) is 6.99. The van der Waals surface area contributed by atoms with Gasteiger partial charge in [0, 0.05) is 11.1 Å². The number of carbonyl (C=O) groups is 2. The van der Waals surface area contributed by atoms with Crippen LogP contribution < -0.4 is 11.1 Å². The zero-order valence-electron chi connectivity index (χ0n) is 12.0. The average Bonchev–Trinajstić information content (AvgIpc) is 2.49. The van der Waals surface area contributed by atoms with E-state index in [1.165, 1.54) is 6.08 Å². The maximum Gasteiger partial charge on any atom is 0.250 e. The number of aryl methyl sites for hydroxylation is 1. The van der Waals surface area contributed by atoms with E-state index < -0.39 is 5.91 Å². The standard InChI is InChI=1S/C17H15ClN2O2/c1-11-6-7-12(10-14(11)18)8-9-16(21)20-15-5-3-2-4-13(15)17(19)22/h2-10H,1H3,(H2,19,22)(H,20,21)/b9-8+. The summed E-state index contributed by atoms with van der Waals surface area (Å²) in [4.78, 5) is 23.2. The smallest absolute Gasteiger partial charge is 0.250 e. The Morgan fingerprint density at radius 1 is 1.18 bits per heavy atom. The molecule has 0 atom stereocenters. The van der Waals surface area contributed by atoms with Crippen molar-refractivity contribution in [3.8, 4) is 0 Å². The van der Waals surface area contributed by atoms with Crippen molar-refractivity contribution in [3.05, 3.63) is 70.3 Å². The molecule has 112 valence electrons. The summed E-state index contributed by atoms with van der Waals surface area (Å²) in [7, 11) is 0. The lowest BCUT2D eigenvalue weighted by atomic mass is 10.1. The van der Waals surface area contributed by atoms with Gasteiger partial charge in [0.2, 0.25) is 5.91 Å². The van der Waals surface area contributed by atoms with Gasteiger partial charge in [0.15, 0.2) is 0 Å². The number of hydrogen-bond acceptors (Lipinski definition) is 2. The number of nitrogens with one attached hydrogen (secondary N) is 1. The number of benzene rings is 2. The van der Waals surface area contributed by atoms with Gasteiger partial charge in [0.25, 0.3) is 5.91 Å². The van der Waals surface area contributed by atoms with Crippen LogP contribution in [-0.4, -0.2) is 11.8 Å². The van der Waals surface area contributed by atoms with E-state index in [2.05, 4.69) is 5.32 Å². The van der Waals surface area contributed by atoms with Gasteiger partial charge in [-0.05, 0) is 42.3 Å². The van der Waals surface area contributed by atoms with Gasteiger partial charge in [-0.2, -0.15) is 0 Å². The number of anilines is 1. The van der Waals surface area contributed by atoms with E-state index in [1.54, 1.807) is 36.4 Å². The molecule has 0 bridgehead atoms. The Balaban J connectivity index is 2.11. The summed E-state index contributed by atoms with van der Waals surface area (Å²) < 4.78 is 0. The van der Waals surface area contributed by atoms with Gasteiger partial charge in [-0.25, -0.2) is 0 Å². The first-order valence-electron chi connectivity index (χ1n) is 6.61. The summed E-state index contributed by atoms with van der Waals surface area (Å²) in [6.45, 7) is 1.91. The molecule has 0 radical (unpaired) electrons. The average molecular weight is 315 g/mol. The molecular weight excluding hydrogens is 300 g/mol. The molecule has 0 saturated heterocycles. The molecule has 2 amide bonds. The molecule has 2 aromatic rings. The number of halogens is 1. The number of primary amides is 1.